The van der Waals surface area contributed by atoms with Crippen molar-refractivity contribution in [3.8, 4) is 0 Å². The number of piperidine rings is 1. The molecule has 1 aliphatic heterocycles. The summed E-state index contributed by atoms with van der Waals surface area (Å²) in [5.74, 6) is 0.297. The van der Waals surface area contributed by atoms with Gasteiger partial charge in [-0.2, -0.15) is 0 Å². The number of nitrogens with zero attached hydrogens (tertiary/aromatic N) is 2. The summed E-state index contributed by atoms with van der Waals surface area (Å²) >= 11 is 1.47. The van der Waals surface area contributed by atoms with Gasteiger partial charge >= 0.3 is 0 Å². The summed E-state index contributed by atoms with van der Waals surface area (Å²) in [5.41, 5.74) is 2.08. The Morgan fingerprint density at radius 1 is 1.27 bits per heavy atom. The third-order valence-corrected chi connectivity index (χ3v) is 6.00. The van der Waals surface area contributed by atoms with Gasteiger partial charge in [0.25, 0.3) is 5.91 Å². The molecule has 1 aromatic carbocycles. The maximum atomic E-state index is 12.9. The van der Waals surface area contributed by atoms with E-state index in [0.29, 0.717) is 13.0 Å². The van der Waals surface area contributed by atoms with E-state index in [4.69, 9.17) is 0 Å². The molecule has 5 heteroatoms. The lowest BCUT2D eigenvalue weighted by Gasteiger charge is -2.32. The molecule has 1 aliphatic rings. The summed E-state index contributed by atoms with van der Waals surface area (Å²) in [6, 6.07) is 10.1. The van der Waals surface area contributed by atoms with Gasteiger partial charge < -0.3 is 4.90 Å². The number of rotatable bonds is 6. The van der Waals surface area contributed by atoms with Crippen molar-refractivity contribution in [3.63, 3.8) is 0 Å². The molecule has 0 aliphatic carbocycles. The third-order valence-electron chi connectivity index (χ3n) is 5.00. The van der Waals surface area contributed by atoms with E-state index in [1.807, 2.05) is 36.9 Å². The summed E-state index contributed by atoms with van der Waals surface area (Å²) in [7, 11) is 0. The first-order chi connectivity index (χ1) is 12.6. The quantitative estimate of drug-likeness (QED) is 0.770. The molecule has 3 rings (SSSR count). The predicted molar refractivity (Wildman–Crippen MR) is 105 cm³/mol. The topological polar surface area (TPSA) is 50.3 Å². The minimum atomic E-state index is -0.0319. The number of benzene rings is 1. The highest BCUT2D eigenvalue weighted by Crippen LogP contribution is 2.25. The van der Waals surface area contributed by atoms with E-state index in [0.717, 1.165) is 47.8 Å². The molecule has 138 valence electrons. The minimum absolute atomic E-state index is 0.0319. The second-order valence-corrected chi connectivity index (χ2v) is 8.11. The van der Waals surface area contributed by atoms with Crippen molar-refractivity contribution in [1.29, 1.82) is 0 Å². The molecule has 1 unspecified atom stereocenters. The number of likely N-dealkylation sites (tertiary alicyclic amines) is 1. The number of Topliss-reactive ketones (excluding diaryl/α,β-unsaturated/α-hetero) is 1. The SMILES string of the molecule is CCc1nc(C)sc1C(=O)N1CCCC(C(=O)CCc2ccccc2)C1. The molecule has 0 spiro atoms. The van der Waals surface area contributed by atoms with Gasteiger partial charge in [-0.15, -0.1) is 11.3 Å². The Labute approximate surface area is 159 Å². The fourth-order valence-corrected chi connectivity index (χ4v) is 4.54. The van der Waals surface area contributed by atoms with Crippen LogP contribution in [0.2, 0.25) is 0 Å². The number of aromatic nitrogens is 1. The summed E-state index contributed by atoms with van der Waals surface area (Å²) in [5, 5.41) is 0.928. The van der Waals surface area contributed by atoms with Crippen LogP contribution in [-0.4, -0.2) is 34.7 Å². The highest BCUT2D eigenvalue weighted by molar-refractivity contribution is 7.13. The molecule has 1 amide bonds. The van der Waals surface area contributed by atoms with Crippen molar-refractivity contribution in [2.75, 3.05) is 13.1 Å². The summed E-state index contributed by atoms with van der Waals surface area (Å²) in [4.78, 5) is 32.7. The maximum Gasteiger partial charge on any atom is 0.265 e. The van der Waals surface area contributed by atoms with Crippen LogP contribution in [0.3, 0.4) is 0 Å². The highest BCUT2D eigenvalue weighted by atomic mass is 32.1. The van der Waals surface area contributed by atoms with Crippen molar-refractivity contribution in [2.45, 2.75) is 46.0 Å². The maximum absolute atomic E-state index is 12.9. The van der Waals surface area contributed by atoms with Crippen LogP contribution in [0.25, 0.3) is 0 Å². The largest absolute Gasteiger partial charge is 0.337 e. The van der Waals surface area contributed by atoms with Crippen LogP contribution in [0, 0.1) is 12.8 Å². The van der Waals surface area contributed by atoms with Crippen molar-refractivity contribution in [3.05, 3.63) is 51.5 Å². The third kappa shape index (κ3) is 4.39. The van der Waals surface area contributed by atoms with Gasteiger partial charge in [0, 0.05) is 25.4 Å². The van der Waals surface area contributed by atoms with E-state index < -0.39 is 0 Å². The van der Waals surface area contributed by atoms with Gasteiger partial charge in [-0.3, -0.25) is 9.59 Å². The molecule has 0 bridgehead atoms. The lowest BCUT2D eigenvalue weighted by atomic mass is 9.90. The zero-order valence-corrected chi connectivity index (χ0v) is 16.3. The average Bonchev–Trinajstić information content (AvgIpc) is 3.07. The summed E-state index contributed by atoms with van der Waals surface area (Å²) in [6.45, 7) is 5.25. The molecule has 1 atom stereocenters. The number of carbonyl (C=O) groups excluding carboxylic acids is 2. The van der Waals surface area contributed by atoms with Gasteiger partial charge in [-0.25, -0.2) is 4.98 Å². The van der Waals surface area contributed by atoms with E-state index in [-0.39, 0.29) is 17.6 Å². The Bertz CT molecular complexity index is 770. The Hall–Kier alpha value is -2.01. The van der Waals surface area contributed by atoms with Crippen molar-refractivity contribution in [2.24, 2.45) is 5.92 Å². The number of aryl methyl sites for hydroxylation is 3. The van der Waals surface area contributed by atoms with Crippen LogP contribution >= 0.6 is 11.3 Å². The molecule has 0 radical (unpaired) electrons. The molecular weight excluding hydrogens is 344 g/mol. The molecule has 4 nitrogen and oxygen atoms in total. The van der Waals surface area contributed by atoms with Gasteiger partial charge in [0.05, 0.1) is 10.7 Å². The lowest BCUT2D eigenvalue weighted by Crippen LogP contribution is -2.42. The van der Waals surface area contributed by atoms with E-state index in [9.17, 15) is 9.59 Å². The average molecular weight is 371 g/mol. The highest BCUT2D eigenvalue weighted by Gasteiger charge is 2.30. The Kier molecular flexibility index (Phi) is 6.20. The number of thiazole rings is 1. The fourth-order valence-electron chi connectivity index (χ4n) is 3.56. The molecule has 26 heavy (non-hydrogen) atoms. The van der Waals surface area contributed by atoms with E-state index >= 15 is 0 Å². The molecule has 1 saturated heterocycles. The molecule has 2 heterocycles. The van der Waals surface area contributed by atoms with Crippen LogP contribution in [0.15, 0.2) is 30.3 Å². The first kappa shape index (κ1) is 18.8. The fraction of sp³-hybridized carbons (Fsp3) is 0.476. The molecule has 0 N–H and O–H groups in total. The normalized spacial score (nSPS) is 17.3. The molecule has 1 fully saturated rings. The van der Waals surface area contributed by atoms with Crippen LogP contribution in [0.4, 0.5) is 0 Å². The zero-order valence-electron chi connectivity index (χ0n) is 15.5. The molecular formula is C21H26N2O2S. The van der Waals surface area contributed by atoms with E-state index in [2.05, 4.69) is 17.1 Å². The monoisotopic (exact) mass is 370 g/mol. The van der Waals surface area contributed by atoms with Gasteiger partial charge in [0.15, 0.2) is 0 Å². The second-order valence-electron chi connectivity index (χ2n) is 6.90. The van der Waals surface area contributed by atoms with Crippen LogP contribution in [0.5, 0.6) is 0 Å². The number of amides is 1. The predicted octanol–water partition coefficient (Wildman–Crippen LogP) is 4.07. The Balaban J connectivity index is 1.61. The number of hydrogen-bond donors (Lipinski definition) is 0. The first-order valence-electron chi connectivity index (χ1n) is 9.40. The van der Waals surface area contributed by atoms with Crippen LogP contribution in [0.1, 0.15) is 52.1 Å². The van der Waals surface area contributed by atoms with Crippen LogP contribution in [-0.2, 0) is 17.6 Å². The minimum Gasteiger partial charge on any atom is -0.337 e. The lowest BCUT2D eigenvalue weighted by molar-refractivity contribution is -0.124. The summed E-state index contributed by atoms with van der Waals surface area (Å²) < 4.78 is 0. The first-order valence-corrected chi connectivity index (χ1v) is 10.2. The van der Waals surface area contributed by atoms with Crippen molar-refractivity contribution in [1.82, 2.24) is 9.88 Å². The Morgan fingerprint density at radius 3 is 2.77 bits per heavy atom. The summed E-state index contributed by atoms with van der Waals surface area (Å²) in [6.07, 6.45) is 3.87. The van der Waals surface area contributed by atoms with Gasteiger partial charge in [0.2, 0.25) is 0 Å². The van der Waals surface area contributed by atoms with Gasteiger partial charge in [-0.05, 0) is 38.2 Å². The van der Waals surface area contributed by atoms with Gasteiger partial charge in [0.1, 0.15) is 10.7 Å². The second kappa shape index (κ2) is 8.58. The smallest absolute Gasteiger partial charge is 0.265 e. The van der Waals surface area contributed by atoms with Crippen molar-refractivity contribution < 1.29 is 9.59 Å². The van der Waals surface area contributed by atoms with Crippen molar-refractivity contribution >= 4 is 23.0 Å². The van der Waals surface area contributed by atoms with Crippen LogP contribution < -0.4 is 0 Å². The van der Waals surface area contributed by atoms with E-state index in [1.165, 1.54) is 16.9 Å². The molecule has 1 aromatic heterocycles. The number of carbonyl (C=O) groups is 2. The number of hydrogen-bond acceptors (Lipinski definition) is 4. The molecule has 0 saturated carbocycles. The Morgan fingerprint density at radius 2 is 2.04 bits per heavy atom. The van der Waals surface area contributed by atoms with E-state index in [1.54, 1.807) is 0 Å². The zero-order chi connectivity index (χ0) is 18.5. The number of ketones is 1. The standard InChI is InChI=1S/C21H26N2O2S/c1-3-18-20(26-15(2)22-18)21(25)23-13-7-10-17(14-23)19(24)12-11-16-8-5-4-6-9-16/h4-6,8-9,17H,3,7,10-14H2,1-2H3. The molecule has 2 aromatic rings. The van der Waals surface area contributed by atoms with Gasteiger partial charge in [-0.1, -0.05) is 37.3 Å².